The first kappa shape index (κ1) is 18.5. The van der Waals surface area contributed by atoms with E-state index < -0.39 is 35.7 Å². The molecule has 1 fully saturated rings. The van der Waals surface area contributed by atoms with Gasteiger partial charge in [0.1, 0.15) is 0 Å². The van der Waals surface area contributed by atoms with Gasteiger partial charge < -0.3 is 14.5 Å². The SMILES string of the molecule is C=CC(=O)N(C)CC(=O)N1CC(C)(C)OC(C)(C(F)(F)F)C1. The number of nitrogens with zero attached hydrogens (tertiary/aromatic N) is 2. The smallest absolute Gasteiger partial charge is 0.356 e. The number of likely N-dealkylation sites (N-methyl/N-ethyl adjacent to an activating group) is 1. The third-order valence-electron chi connectivity index (χ3n) is 3.44. The lowest BCUT2D eigenvalue weighted by molar-refractivity contribution is -0.319. The van der Waals surface area contributed by atoms with Gasteiger partial charge in [-0.25, -0.2) is 0 Å². The van der Waals surface area contributed by atoms with Crippen molar-refractivity contribution in [1.29, 1.82) is 0 Å². The number of rotatable bonds is 3. The van der Waals surface area contributed by atoms with Gasteiger partial charge >= 0.3 is 6.18 Å². The summed E-state index contributed by atoms with van der Waals surface area (Å²) >= 11 is 0. The quantitative estimate of drug-likeness (QED) is 0.742. The van der Waals surface area contributed by atoms with Gasteiger partial charge in [0.2, 0.25) is 11.8 Å². The molecule has 0 spiro atoms. The van der Waals surface area contributed by atoms with E-state index in [1.54, 1.807) is 0 Å². The molecule has 1 rings (SSSR count). The van der Waals surface area contributed by atoms with Crippen LogP contribution in [0.2, 0.25) is 0 Å². The van der Waals surface area contributed by atoms with Crippen LogP contribution in [0.4, 0.5) is 13.2 Å². The Morgan fingerprint density at radius 2 is 1.86 bits per heavy atom. The van der Waals surface area contributed by atoms with E-state index in [0.29, 0.717) is 0 Å². The molecule has 5 nitrogen and oxygen atoms in total. The summed E-state index contributed by atoms with van der Waals surface area (Å²) in [5, 5.41) is 0. The molecule has 0 aromatic heterocycles. The maximum Gasteiger partial charge on any atom is 0.418 e. The molecule has 0 N–H and O–H groups in total. The highest BCUT2D eigenvalue weighted by Gasteiger charge is 2.58. The van der Waals surface area contributed by atoms with Gasteiger partial charge in [0, 0.05) is 13.6 Å². The molecule has 1 aliphatic rings. The van der Waals surface area contributed by atoms with Gasteiger partial charge in [-0.2, -0.15) is 13.2 Å². The average molecular weight is 322 g/mol. The Labute approximate surface area is 127 Å². The fraction of sp³-hybridized carbons (Fsp3) is 0.714. The summed E-state index contributed by atoms with van der Waals surface area (Å²) in [6.45, 7) is 6.32. The molecule has 8 heteroatoms. The first-order valence-corrected chi connectivity index (χ1v) is 6.73. The molecule has 1 atom stereocenters. The normalized spacial score (nSPS) is 24.8. The highest BCUT2D eigenvalue weighted by molar-refractivity contribution is 5.90. The van der Waals surface area contributed by atoms with Crippen molar-refractivity contribution in [2.75, 3.05) is 26.7 Å². The molecule has 0 aromatic rings. The molecule has 1 heterocycles. The number of hydrogen-bond acceptors (Lipinski definition) is 3. The summed E-state index contributed by atoms with van der Waals surface area (Å²) in [4.78, 5) is 25.8. The summed E-state index contributed by atoms with van der Waals surface area (Å²) < 4.78 is 44.8. The zero-order chi connectivity index (χ0) is 17.3. The van der Waals surface area contributed by atoms with Gasteiger partial charge in [-0.3, -0.25) is 9.59 Å². The Morgan fingerprint density at radius 1 is 1.32 bits per heavy atom. The largest absolute Gasteiger partial charge is 0.418 e. The number of halogens is 3. The van der Waals surface area contributed by atoms with Crippen LogP contribution in [0.25, 0.3) is 0 Å². The average Bonchev–Trinajstić information content (AvgIpc) is 2.33. The van der Waals surface area contributed by atoms with Crippen molar-refractivity contribution in [1.82, 2.24) is 9.80 Å². The Hall–Kier alpha value is -1.57. The van der Waals surface area contributed by atoms with Crippen LogP contribution >= 0.6 is 0 Å². The Balaban J connectivity index is 2.92. The van der Waals surface area contributed by atoms with Gasteiger partial charge in [0.05, 0.1) is 18.7 Å². The van der Waals surface area contributed by atoms with E-state index in [2.05, 4.69) is 6.58 Å². The van der Waals surface area contributed by atoms with E-state index in [4.69, 9.17) is 4.74 Å². The topological polar surface area (TPSA) is 49.9 Å². The molecule has 22 heavy (non-hydrogen) atoms. The molecule has 2 amide bonds. The number of ether oxygens (including phenoxy) is 1. The van der Waals surface area contributed by atoms with Gasteiger partial charge in [-0.05, 0) is 26.8 Å². The van der Waals surface area contributed by atoms with Crippen LogP contribution in [-0.4, -0.2) is 65.7 Å². The highest BCUT2D eigenvalue weighted by atomic mass is 19.4. The summed E-state index contributed by atoms with van der Waals surface area (Å²) in [6.07, 6.45) is -3.57. The minimum atomic E-state index is -4.61. The first-order valence-electron chi connectivity index (χ1n) is 6.73. The number of carbonyl (C=O) groups is 2. The fourth-order valence-electron chi connectivity index (χ4n) is 2.41. The second kappa shape index (κ2) is 5.91. The maximum atomic E-state index is 13.2. The molecule has 0 aromatic carbocycles. The van der Waals surface area contributed by atoms with E-state index in [0.717, 1.165) is 22.8 Å². The molecule has 0 bridgehead atoms. The zero-order valence-electron chi connectivity index (χ0n) is 13.2. The van der Waals surface area contributed by atoms with Gasteiger partial charge in [0.15, 0.2) is 5.60 Å². The van der Waals surface area contributed by atoms with Crippen molar-refractivity contribution in [2.24, 2.45) is 0 Å². The van der Waals surface area contributed by atoms with Crippen molar-refractivity contribution < 1.29 is 27.5 Å². The van der Waals surface area contributed by atoms with E-state index in [1.807, 2.05) is 0 Å². The third-order valence-corrected chi connectivity index (χ3v) is 3.44. The van der Waals surface area contributed by atoms with Crippen molar-refractivity contribution in [3.8, 4) is 0 Å². The predicted octanol–water partition coefficient (Wildman–Crippen LogP) is 1.59. The van der Waals surface area contributed by atoms with Crippen LogP contribution < -0.4 is 0 Å². The number of alkyl halides is 3. The second-order valence-corrected chi connectivity index (χ2v) is 6.24. The Kier molecular flexibility index (Phi) is 4.96. The van der Waals surface area contributed by atoms with Crippen molar-refractivity contribution in [3.63, 3.8) is 0 Å². The zero-order valence-corrected chi connectivity index (χ0v) is 13.2. The summed E-state index contributed by atoms with van der Waals surface area (Å²) in [7, 11) is 1.39. The van der Waals surface area contributed by atoms with E-state index in [9.17, 15) is 22.8 Å². The lowest BCUT2D eigenvalue weighted by atomic mass is 9.96. The molecular formula is C14H21F3N2O3. The number of carbonyl (C=O) groups excluding carboxylic acids is 2. The van der Waals surface area contributed by atoms with E-state index in [-0.39, 0.29) is 13.1 Å². The minimum Gasteiger partial charge on any atom is -0.356 e. The van der Waals surface area contributed by atoms with Crippen LogP contribution in [0.5, 0.6) is 0 Å². The lowest BCUT2D eigenvalue weighted by Gasteiger charge is -2.49. The van der Waals surface area contributed by atoms with Crippen LogP contribution in [0, 0.1) is 0 Å². The van der Waals surface area contributed by atoms with Crippen molar-refractivity contribution >= 4 is 11.8 Å². The van der Waals surface area contributed by atoms with Crippen LogP contribution in [0.3, 0.4) is 0 Å². The van der Waals surface area contributed by atoms with Gasteiger partial charge in [-0.15, -0.1) is 0 Å². The van der Waals surface area contributed by atoms with Crippen LogP contribution in [-0.2, 0) is 14.3 Å². The first-order chi connectivity index (χ1) is 9.81. The molecule has 0 radical (unpaired) electrons. The molecule has 0 saturated carbocycles. The van der Waals surface area contributed by atoms with Gasteiger partial charge in [-0.1, -0.05) is 6.58 Å². The Morgan fingerprint density at radius 3 is 2.32 bits per heavy atom. The minimum absolute atomic E-state index is 0.0215. The van der Waals surface area contributed by atoms with Crippen LogP contribution in [0.1, 0.15) is 20.8 Å². The number of hydrogen-bond donors (Lipinski definition) is 0. The molecular weight excluding hydrogens is 301 g/mol. The second-order valence-electron chi connectivity index (χ2n) is 6.24. The van der Waals surface area contributed by atoms with Crippen molar-refractivity contribution in [3.05, 3.63) is 12.7 Å². The third kappa shape index (κ3) is 4.00. The van der Waals surface area contributed by atoms with Crippen LogP contribution in [0.15, 0.2) is 12.7 Å². The molecule has 1 saturated heterocycles. The molecule has 0 aliphatic carbocycles. The molecule has 1 unspecified atom stereocenters. The van der Waals surface area contributed by atoms with Gasteiger partial charge in [0.25, 0.3) is 0 Å². The standard InChI is InChI=1S/C14H21F3N2O3/c1-6-10(20)18(5)7-11(21)19-8-12(2,3)22-13(4,9-19)14(15,16)17/h6H,1,7-9H2,2-5H3. The summed E-state index contributed by atoms with van der Waals surface area (Å²) in [6, 6.07) is 0. The van der Waals surface area contributed by atoms with E-state index >= 15 is 0 Å². The predicted molar refractivity (Wildman–Crippen MR) is 74.0 cm³/mol. The van der Waals surface area contributed by atoms with E-state index in [1.165, 1.54) is 20.9 Å². The Bertz CT molecular complexity index is 476. The van der Waals surface area contributed by atoms with Crippen molar-refractivity contribution in [2.45, 2.75) is 38.1 Å². The summed E-state index contributed by atoms with van der Waals surface area (Å²) in [5.41, 5.74) is -3.58. The molecule has 1 aliphatic heterocycles. The summed E-state index contributed by atoms with van der Waals surface area (Å²) in [5.74, 6) is -1.04. The number of morpholine rings is 1. The number of amides is 2. The lowest BCUT2D eigenvalue weighted by Crippen LogP contribution is -2.65. The highest BCUT2D eigenvalue weighted by Crippen LogP contribution is 2.40. The monoisotopic (exact) mass is 322 g/mol. The fourth-order valence-corrected chi connectivity index (χ4v) is 2.41. The maximum absolute atomic E-state index is 13.2. The molecule has 126 valence electrons.